The van der Waals surface area contributed by atoms with Crippen molar-refractivity contribution in [2.24, 2.45) is 0 Å². The largest absolute Gasteiger partial charge is 0.493 e. The van der Waals surface area contributed by atoms with E-state index in [1.165, 1.54) is 0 Å². The van der Waals surface area contributed by atoms with Gasteiger partial charge in [-0.2, -0.15) is 0 Å². The third-order valence-corrected chi connectivity index (χ3v) is 3.42. The highest BCUT2D eigenvalue weighted by molar-refractivity contribution is 5.43. The lowest BCUT2D eigenvalue weighted by Gasteiger charge is -2.13. The summed E-state index contributed by atoms with van der Waals surface area (Å²) in [7, 11) is 1.66. The Balaban J connectivity index is 1.92. The molecule has 0 saturated heterocycles. The van der Waals surface area contributed by atoms with E-state index in [4.69, 9.17) is 14.2 Å². The molecule has 0 bridgehead atoms. The van der Waals surface area contributed by atoms with Crippen LogP contribution in [0.3, 0.4) is 0 Å². The second kappa shape index (κ2) is 9.87. The summed E-state index contributed by atoms with van der Waals surface area (Å²) in [6, 6.07) is 16.1. The Morgan fingerprint density at radius 3 is 2.52 bits per heavy atom. The van der Waals surface area contributed by atoms with Crippen molar-refractivity contribution in [2.75, 3.05) is 26.9 Å². The molecule has 124 valence electrons. The molecule has 4 nitrogen and oxygen atoms in total. The molecule has 0 amide bonds. The zero-order valence-corrected chi connectivity index (χ0v) is 13.9. The van der Waals surface area contributed by atoms with Crippen LogP contribution in [0.2, 0.25) is 0 Å². The summed E-state index contributed by atoms with van der Waals surface area (Å²) in [5, 5.41) is 3.35. The maximum absolute atomic E-state index is 5.92. The zero-order valence-electron chi connectivity index (χ0n) is 13.9. The highest BCUT2D eigenvalue weighted by Gasteiger charge is 2.06. The van der Waals surface area contributed by atoms with Gasteiger partial charge in [0.05, 0.1) is 13.7 Å². The minimum Gasteiger partial charge on any atom is -0.493 e. The molecule has 0 heterocycles. The zero-order chi connectivity index (χ0) is 16.3. The number of rotatable bonds is 10. The van der Waals surface area contributed by atoms with Crippen LogP contribution in [0.1, 0.15) is 18.1 Å². The van der Waals surface area contributed by atoms with Crippen molar-refractivity contribution in [1.82, 2.24) is 5.32 Å². The standard InChI is InChI=1S/C19H25NO3/c1-3-22-12-11-20-14-17-9-10-18(21-2)19(13-17)23-15-16-7-5-4-6-8-16/h4-10,13,20H,3,11-12,14-15H2,1-2H3. The molecular weight excluding hydrogens is 290 g/mol. The summed E-state index contributed by atoms with van der Waals surface area (Å²) in [5.41, 5.74) is 2.29. The van der Waals surface area contributed by atoms with Crippen molar-refractivity contribution < 1.29 is 14.2 Å². The number of methoxy groups -OCH3 is 1. The number of hydrogen-bond acceptors (Lipinski definition) is 4. The first-order chi connectivity index (χ1) is 11.3. The Kier molecular flexibility index (Phi) is 7.43. The lowest BCUT2D eigenvalue weighted by molar-refractivity contribution is 0.149. The summed E-state index contributed by atoms with van der Waals surface area (Å²) >= 11 is 0. The lowest BCUT2D eigenvalue weighted by atomic mass is 10.2. The van der Waals surface area contributed by atoms with Crippen LogP contribution in [0.25, 0.3) is 0 Å². The van der Waals surface area contributed by atoms with E-state index in [0.29, 0.717) is 6.61 Å². The number of ether oxygens (including phenoxy) is 3. The predicted octanol–water partition coefficient (Wildman–Crippen LogP) is 3.40. The fourth-order valence-electron chi connectivity index (χ4n) is 2.20. The molecule has 0 spiro atoms. The van der Waals surface area contributed by atoms with E-state index < -0.39 is 0 Å². The van der Waals surface area contributed by atoms with Gasteiger partial charge in [-0.05, 0) is 30.2 Å². The SMILES string of the molecule is CCOCCNCc1ccc(OC)c(OCc2ccccc2)c1. The van der Waals surface area contributed by atoms with Gasteiger partial charge in [0.15, 0.2) is 11.5 Å². The average Bonchev–Trinajstić information content (AvgIpc) is 2.61. The topological polar surface area (TPSA) is 39.7 Å². The van der Waals surface area contributed by atoms with E-state index in [0.717, 1.165) is 48.9 Å². The molecule has 4 heteroatoms. The van der Waals surface area contributed by atoms with Gasteiger partial charge >= 0.3 is 0 Å². The maximum atomic E-state index is 5.92. The van der Waals surface area contributed by atoms with Gasteiger partial charge in [-0.15, -0.1) is 0 Å². The van der Waals surface area contributed by atoms with Crippen LogP contribution in [0.4, 0.5) is 0 Å². The van der Waals surface area contributed by atoms with Gasteiger partial charge < -0.3 is 19.5 Å². The lowest BCUT2D eigenvalue weighted by Crippen LogP contribution is -2.19. The van der Waals surface area contributed by atoms with Crippen molar-refractivity contribution in [3.63, 3.8) is 0 Å². The number of benzene rings is 2. The van der Waals surface area contributed by atoms with E-state index in [-0.39, 0.29) is 0 Å². The van der Waals surface area contributed by atoms with Crippen LogP contribution >= 0.6 is 0 Å². The van der Waals surface area contributed by atoms with Crippen LogP contribution in [-0.2, 0) is 17.9 Å². The first-order valence-corrected chi connectivity index (χ1v) is 7.95. The van der Waals surface area contributed by atoms with Crippen molar-refractivity contribution in [3.05, 3.63) is 59.7 Å². The third-order valence-electron chi connectivity index (χ3n) is 3.42. The van der Waals surface area contributed by atoms with Crippen molar-refractivity contribution in [2.45, 2.75) is 20.1 Å². The van der Waals surface area contributed by atoms with E-state index >= 15 is 0 Å². The monoisotopic (exact) mass is 315 g/mol. The molecule has 0 aliphatic heterocycles. The molecule has 23 heavy (non-hydrogen) atoms. The molecule has 2 aromatic carbocycles. The summed E-state index contributed by atoms with van der Waals surface area (Å²) < 4.78 is 16.6. The summed E-state index contributed by atoms with van der Waals surface area (Å²) in [6.45, 7) is 5.61. The molecule has 0 aliphatic carbocycles. The minimum absolute atomic E-state index is 0.526. The normalized spacial score (nSPS) is 10.5. The van der Waals surface area contributed by atoms with Crippen molar-refractivity contribution in [3.8, 4) is 11.5 Å². The fourth-order valence-corrected chi connectivity index (χ4v) is 2.20. The second-order valence-electron chi connectivity index (χ2n) is 5.13. The Labute approximate surface area is 138 Å². The van der Waals surface area contributed by atoms with Gasteiger partial charge in [0.1, 0.15) is 6.61 Å². The Bertz CT molecular complexity index is 572. The molecule has 0 fully saturated rings. The fraction of sp³-hybridized carbons (Fsp3) is 0.368. The molecule has 0 aromatic heterocycles. The Hall–Kier alpha value is -2.04. The summed E-state index contributed by atoms with van der Waals surface area (Å²) in [4.78, 5) is 0. The van der Waals surface area contributed by atoms with Crippen LogP contribution in [-0.4, -0.2) is 26.9 Å². The number of nitrogens with one attached hydrogen (secondary N) is 1. The third kappa shape index (κ3) is 5.93. The van der Waals surface area contributed by atoms with Crippen LogP contribution in [0.15, 0.2) is 48.5 Å². The second-order valence-corrected chi connectivity index (χ2v) is 5.13. The van der Waals surface area contributed by atoms with E-state index in [9.17, 15) is 0 Å². The molecule has 0 atom stereocenters. The van der Waals surface area contributed by atoms with Gasteiger partial charge in [-0.1, -0.05) is 36.4 Å². The summed E-state index contributed by atoms with van der Waals surface area (Å²) in [5.74, 6) is 1.51. The smallest absolute Gasteiger partial charge is 0.161 e. The van der Waals surface area contributed by atoms with Gasteiger partial charge in [-0.25, -0.2) is 0 Å². The highest BCUT2D eigenvalue weighted by atomic mass is 16.5. The molecule has 2 aromatic rings. The Morgan fingerprint density at radius 2 is 1.78 bits per heavy atom. The van der Waals surface area contributed by atoms with Crippen molar-refractivity contribution in [1.29, 1.82) is 0 Å². The van der Waals surface area contributed by atoms with Crippen LogP contribution in [0.5, 0.6) is 11.5 Å². The van der Waals surface area contributed by atoms with E-state index in [1.54, 1.807) is 7.11 Å². The minimum atomic E-state index is 0.526. The molecular formula is C19H25NO3. The molecule has 2 rings (SSSR count). The number of hydrogen-bond donors (Lipinski definition) is 1. The highest BCUT2D eigenvalue weighted by Crippen LogP contribution is 2.28. The molecule has 0 unspecified atom stereocenters. The Morgan fingerprint density at radius 1 is 0.957 bits per heavy atom. The molecule has 0 aliphatic rings. The van der Waals surface area contributed by atoms with Gasteiger partial charge in [-0.3, -0.25) is 0 Å². The molecule has 1 N–H and O–H groups in total. The quantitative estimate of drug-likeness (QED) is 0.682. The van der Waals surface area contributed by atoms with E-state index in [2.05, 4.69) is 5.32 Å². The van der Waals surface area contributed by atoms with Gasteiger partial charge in [0.25, 0.3) is 0 Å². The van der Waals surface area contributed by atoms with Crippen LogP contribution < -0.4 is 14.8 Å². The van der Waals surface area contributed by atoms with Gasteiger partial charge in [0, 0.05) is 19.7 Å². The first kappa shape index (κ1) is 17.3. The van der Waals surface area contributed by atoms with E-state index in [1.807, 2.05) is 55.5 Å². The predicted molar refractivity (Wildman–Crippen MR) is 92.0 cm³/mol. The summed E-state index contributed by atoms with van der Waals surface area (Å²) in [6.07, 6.45) is 0. The van der Waals surface area contributed by atoms with Crippen LogP contribution in [0, 0.1) is 0 Å². The first-order valence-electron chi connectivity index (χ1n) is 7.95. The van der Waals surface area contributed by atoms with Crippen molar-refractivity contribution >= 4 is 0 Å². The average molecular weight is 315 g/mol. The molecule has 0 radical (unpaired) electrons. The molecule has 0 saturated carbocycles. The van der Waals surface area contributed by atoms with Gasteiger partial charge in [0.2, 0.25) is 0 Å². The maximum Gasteiger partial charge on any atom is 0.161 e.